The maximum atomic E-state index is 12.3. The fraction of sp³-hybridized carbons (Fsp3) is 0.200. The standard InChI is InChI=1S/C15H16ClNO3S/c1-11(12-3-5-13(16)6-4-12)17-21(18,19)15-9-7-14(20-2)8-10-15/h3-11,17H,1-2H3/t11-/m0/s1. The van der Waals surface area contributed by atoms with Crippen LogP contribution in [0.2, 0.25) is 5.02 Å². The molecule has 0 heterocycles. The Balaban J connectivity index is 2.17. The molecule has 1 atom stereocenters. The SMILES string of the molecule is COc1ccc(S(=O)(=O)N[C@@H](C)c2ccc(Cl)cc2)cc1. The first-order valence-corrected chi connectivity index (χ1v) is 8.20. The van der Waals surface area contributed by atoms with E-state index in [4.69, 9.17) is 16.3 Å². The third-order valence-corrected chi connectivity index (χ3v) is 4.88. The second-order valence-corrected chi connectivity index (χ2v) is 6.72. The number of nitrogens with one attached hydrogen (secondary N) is 1. The molecule has 0 saturated carbocycles. The van der Waals surface area contributed by atoms with Crippen molar-refractivity contribution in [1.82, 2.24) is 4.72 Å². The van der Waals surface area contributed by atoms with Gasteiger partial charge in [0.1, 0.15) is 5.75 Å². The van der Waals surface area contributed by atoms with Gasteiger partial charge in [-0.2, -0.15) is 0 Å². The molecular weight excluding hydrogens is 310 g/mol. The minimum absolute atomic E-state index is 0.198. The number of rotatable bonds is 5. The lowest BCUT2D eigenvalue weighted by molar-refractivity contribution is 0.414. The van der Waals surface area contributed by atoms with Crippen LogP contribution in [0.3, 0.4) is 0 Å². The molecule has 0 saturated heterocycles. The van der Waals surface area contributed by atoms with Crippen molar-refractivity contribution in [3.05, 3.63) is 59.1 Å². The molecule has 2 aromatic carbocycles. The highest BCUT2D eigenvalue weighted by Gasteiger charge is 2.18. The molecule has 6 heteroatoms. The fourth-order valence-corrected chi connectivity index (χ4v) is 3.23. The summed E-state index contributed by atoms with van der Waals surface area (Å²) in [5, 5.41) is 0.615. The Morgan fingerprint density at radius 2 is 1.62 bits per heavy atom. The monoisotopic (exact) mass is 325 g/mol. The fourth-order valence-electron chi connectivity index (χ4n) is 1.88. The number of methoxy groups -OCH3 is 1. The molecule has 4 nitrogen and oxygen atoms in total. The zero-order valence-corrected chi connectivity index (χ0v) is 13.3. The topological polar surface area (TPSA) is 55.4 Å². The van der Waals surface area contributed by atoms with E-state index < -0.39 is 10.0 Å². The van der Waals surface area contributed by atoms with Crippen LogP contribution < -0.4 is 9.46 Å². The summed E-state index contributed by atoms with van der Waals surface area (Å²) in [7, 11) is -2.05. The molecule has 2 rings (SSSR count). The summed E-state index contributed by atoms with van der Waals surface area (Å²) >= 11 is 5.82. The van der Waals surface area contributed by atoms with Gasteiger partial charge in [-0.1, -0.05) is 23.7 Å². The van der Waals surface area contributed by atoms with Crippen molar-refractivity contribution in [1.29, 1.82) is 0 Å². The molecule has 0 bridgehead atoms. The van der Waals surface area contributed by atoms with E-state index >= 15 is 0 Å². The van der Waals surface area contributed by atoms with E-state index in [2.05, 4.69) is 4.72 Å². The second kappa shape index (κ2) is 6.47. The van der Waals surface area contributed by atoms with Crippen LogP contribution in [0.5, 0.6) is 5.75 Å². The van der Waals surface area contributed by atoms with Crippen LogP contribution in [0.15, 0.2) is 53.4 Å². The van der Waals surface area contributed by atoms with Crippen molar-refractivity contribution in [2.24, 2.45) is 0 Å². The van der Waals surface area contributed by atoms with Crippen LogP contribution in [-0.2, 0) is 10.0 Å². The van der Waals surface area contributed by atoms with Crippen LogP contribution >= 0.6 is 11.6 Å². The first kappa shape index (κ1) is 15.8. The van der Waals surface area contributed by atoms with E-state index in [-0.39, 0.29) is 10.9 Å². The zero-order chi connectivity index (χ0) is 15.5. The van der Waals surface area contributed by atoms with Crippen LogP contribution in [-0.4, -0.2) is 15.5 Å². The molecule has 0 radical (unpaired) electrons. The Labute approximate surface area is 129 Å². The Morgan fingerprint density at radius 3 is 2.14 bits per heavy atom. The number of hydrogen-bond donors (Lipinski definition) is 1. The number of ether oxygens (including phenoxy) is 1. The minimum Gasteiger partial charge on any atom is -0.497 e. The molecule has 0 aliphatic rings. The summed E-state index contributed by atoms with van der Waals surface area (Å²) in [5.41, 5.74) is 0.844. The molecule has 1 N–H and O–H groups in total. The van der Waals surface area contributed by atoms with Crippen molar-refractivity contribution < 1.29 is 13.2 Å². The lowest BCUT2D eigenvalue weighted by atomic mass is 10.1. The van der Waals surface area contributed by atoms with Crippen molar-refractivity contribution in [2.75, 3.05) is 7.11 Å². The molecule has 2 aromatic rings. The molecule has 0 unspecified atom stereocenters. The third kappa shape index (κ3) is 3.97. The third-order valence-electron chi connectivity index (χ3n) is 3.07. The largest absolute Gasteiger partial charge is 0.497 e. The predicted octanol–water partition coefficient (Wildman–Crippen LogP) is 3.39. The number of benzene rings is 2. The Bertz CT molecular complexity index is 697. The molecule has 0 amide bonds. The van der Waals surface area contributed by atoms with Gasteiger partial charge in [0.15, 0.2) is 0 Å². The van der Waals surface area contributed by atoms with Crippen molar-refractivity contribution in [2.45, 2.75) is 17.9 Å². The summed E-state index contributed by atoms with van der Waals surface area (Å²) in [6.45, 7) is 1.78. The zero-order valence-electron chi connectivity index (χ0n) is 11.7. The maximum absolute atomic E-state index is 12.3. The van der Waals surface area contributed by atoms with Gasteiger partial charge in [0.25, 0.3) is 0 Å². The van der Waals surface area contributed by atoms with Crippen LogP contribution in [0.25, 0.3) is 0 Å². The summed E-state index contributed by atoms with van der Waals surface area (Å²) in [6, 6.07) is 12.9. The molecule has 112 valence electrons. The first-order valence-electron chi connectivity index (χ1n) is 6.34. The average molecular weight is 326 g/mol. The van der Waals surface area contributed by atoms with E-state index in [1.165, 1.54) is 19.2 Å². The average Bonchev–Trinajstić information content (AvgIpc) is 2.47. The van der Waals surface area contributed by atoms with Gasteiger partial charge in [-0.05, 0) is 48.9 Å². The van der Waals surface area contributed by atoms with E-state index in [0.29, 0.717) is 10.8 Å². The van der Waals surface area contributed by atoms with Crippen LogP contribution in [0.4, 0.5) is 0 Å². The Morgan fingerprint density at radius 1 is 1.05 bits per heavy atom. The number of halogens is 1. The van der Waals surface area contributed by atoms with E-state index in [1.54, 1.807) is 43.3 Å². The lowest BCUT2D eigenvalue weighted by Gasteiger charge is -2.15. The number of sulfonamides is 1. The molecule has 21 heavy (non-hydrogen) atoms. The normalized spacial score (nSPS) is 12.9. The molecule has 0 spiro atoms. The van der Waals surface area contributed by atoms with Gasteiger partial charge in [0, 0.05) is 11.1 Å². The lowest BCUT2D eigenvalue weighted by Crippen LogP contribution is -2.26. The molecular formula is C15H16ClNO3S. The molecule has 0 aliphatic carbocycles. The van der Waals surface area contributed by atoms with Crippen molar-refractivity contribution >= 4 is 21.6 Å². The molecule has 0 aromatic heterocycles. The highest BCUT2D eigenvalue weighted by Crippen LogP contribution is 2.20. The highest BCUT2D eigenvalue weighted by molar-refractivity contribution is 7.89. The van der Waals surface area contributed by atoms with E-state index in [9.17, 15) is 8.42 Å². The van der Waals surface area contributed by atoms with Gasteiger partial charge in [-0.25, -0.2) is 13.1 Å². The van der Waals surface area contributed by atoms with Gasteiger partial charge in [-0.3, -0.25) is 0 Å². The molecule has 0 fully saturated rings. The highest BCUT2D eigenvalue weighted by atomic mass is 35.5. The number of hydrogen-bond acceptors (Lipinski definition) is 3. The van der Waals surface area contributed by atoms with Gasteiger partial charge in [0.05, 0.1) is 12.0 Å². The van der Waals surface area contributed by atoms with E-state index in [1.807, 2.05) is 0 Å². The smallest absolute Gasteiger partial charge is 0.241 e. The Hall–Kier alpha value is -1.56. The van der Waals surface area contributed by atoms with Crippen LogP contribution in [0.1, 0.15) is 18.5 Å². The predicted molar refractivity (Wildman–Crippen MR) is 83.2 cm³/mol. The van der Waals surface area contributed by atoms with Crippen molar-refractivity contribution in [3.63, 3.8) is 0 Å². The van der Waals surface area contributed by atoms with E-state index in [0.717, 1.165) is 5.56 Å². The minimum atomic E-state index is -3.58. The van der Waals surface area contributed by atoms with Gasteiger partial charge in [-0.15, -0.1) is 0 Å². The van der Waals surface area contributed by atoms with Gasteiger partial charge >= 0.3 is 0 Å². The molecule has 0 aliphatic heterocycles. The van der Waals surface area contributed by atoms with Crippen molar-refractivity contribution in [3.8, 4) is 5.75 Å². The van der Waals surface area contributed by atoms with Gasteiger partial charge in [0.2, 0.25) is 10.0 Å². The maximum Gasteiger partial charge on any atom is 0.241 e. The summed E-state index contributed by atoms with van der Waals surface area (Å²) in [6.07, 6.45) is 0. The first-order chi connectivity index (χ1) is 9.92. The quantitative estimate of drug-likeness (QED) is 0.916. The summed E-state index contributed by atoms with van der Waals surface area (Å²) in [4.78, 5) is 0.198. The van der Waals surface area contributed by atoms with Gasteiger partial charge < -0.3 is 4.74 Å². The Kier molecular flexibility index (Phi) is 4.88. The second-order valence-electron chi connectivity index (χ2n) is 4.57. The van der Waals surface area contributed by atoms with Crippen LogP contribution in [0, 0.1) is 0 Å². The summed E-state index contributed by atoms with van der Waals surface area (Å²) < 4.78 is 32.3. The summed E-state index contributed by atoms with van der Waals surface area (Å²) in [5.74, 6) is 0.611.